The van der Waals surface area contributed by atoms with Gasteiger partial charge in [-0.15, -0.1) is 24.8 Å². The topological polar surface area (TPSA) is 28.5 Å². The maximum atomic E-state index is 0. The summed E-state index contributed by atoms with van der Waals surface area (Å²) in [5, 5.41) is 0. The zero-order chi connectivity index (χ0) is 0. The van der Waals surface area contributed by atoms with Crippen molar-refractivity contribution in [2.45, 2.75) is 0 Å². The van der Waals surface area contributed by atoms with Crippen LogP contribution in [0.5, 0.6) is 0 Å². The molecule has 0 amide bonds. The van der Waals surface area contributed by atoms with E-state index in [-0.39, 0.29) is 53.3 Å². The van der Waals surface area contributed by atoms with Gasteiger partial charge in [0.05, 0.1) is 0 Å². The van der Waals surface area contributed by atoms with Crippen molar-refractivity contribution in [2.24, 2.45) is 0 Å². The van der Waals surface area contributed by atoms with Crippen molar-refractivity contribution in [3.8, 4) is 0 Å². The minimum atomic E-state index is 0. The third kappa shape index (κ3) is 10.3. The van der Waals surface area contributed by atoms with E-state index in [9.17, 15) is 0 Å². The average molecular weight is 113 g/mol. The first-order valence-electron chi connectivity index (χ1n) is 0. The molecule has 0 radical (unpaired) electrons. The van der Waals surface area contributed by atoms with Crippen molar-refractivity contribution in [3.05, 3.63) is 0 Å². The van der Waals surface area contributed by atoms with E-state index in [4.69, 9.17) is 0 Å². The largest absolute Gasteiger partial charge is 2.00 e. The molecule has 0 rings (SSSR count). The number of hydrogen-bond acceptors (Lipinski definition) is 0. The van der Waals surface area contributed by atoms with Gasteiger partial charge in [-0.1, -0.05) is 0 Å². The third-order valence-corrected chi connectivity index (χ3v) is 0. The Kier molecular flexibility index (Phi) is 398. The van der Waals surface area contributed by atoms with Gasteiger partial charge in [0, 0.05) is 0 Å². The van der Waals surface area contributed by atoms with Gasteiger partial charge in [-0.25, -0.2) is 0 Å². The van der Waals surface area contributed by atoms with E-state index in [0.717, 1.165) is 0 Å². The molecule has 4 heteroatoms. The van der Waals surface area contributed by atoms with Crippen LogP contribution < -0.4 is 0 Å². The van der Waals surface area contributed by atoms with Gasteiger partial charge in [-0.05, 0) is 0 Å². The second-order valence-corrected chi connectivity index (χ2v) is 0. The standard InChI is InChI=1S/2ClH.Mg.O/h2*1H;;/q;;+2;-2. The molecule has 0 aliphatic rings. The summed E-state index contributed by atoms with van der Waals surface area (Å²) < 4.78 is 0. The summed E-state index contributed by atoms with van der Waals surface area (Å²) in [6, 6.07) is 0. The van der Waals surface area contributed by atoms with E-state index < -0.39 is 0 Å². The summed E-state index contributed by atoms with van der Waals surface area (Å²) in [6.07, 6.45) is 0. The minimum absolute atomic E-state index is 0. The van der Waals surface area contributed by atoms with Crippen LogP contribution >= 0.6 is 24.8 Å². The Bertz CT molecular complexity index is 6.00. The summed E-state index contributed by atoms with van der Waals surface area (Å²) in [5.41, 5.74) is 0. The van der Waals surface area contributed by atoms with Crippen molar-refractivity contribution in [1.29, 1.82) is 0 Å². The van der Waals surface area contributed by atoms with Crippen LogP contribution in [-0.2, 0) is 5.48 Å². The zero-order valence-corrected chi connectivity index (χ0v) is 4.98. The normalized spacial score (nSPS) is 0. The van der Waals surface area contributed by atoms with Crippen LogP contribution in [0.4, 0.5) is 0 Å². The van der Waals surface area contributed by atoms with Crippen molar-refractivity contribution < 1.29 is 5.48 Å². The van der Waals surface area contributed by atoms with Crippen LogP contribution in [0.25, 0.3) is 0 Å². The number of halogens is 2. The van der Waals surface area contributed by atoms with E-state index in [1.807, 2.05) is 0 Å². The molecule has 0 saturated carbocycles. The molecule has 0 aliphatic heterocycles. The molecule has 0 atom stereocenters. The van der Waals surface area contributed by atoms with E-state index >= 15 is 0 Å². The fourth-order valence-corrected chi connectivity index (χ4v) is 0. The van der Waals surface area contributed by atoms with Gasteiger partial charge in [0.15, 0.2) is 0 Å². The van der Waals surface area contributed by atoms with E-state index in [2.05, 4.69) is 0 Å². The Morgan fingerprint density at radius 3 is 0.750 bits per heavy atom. The Balaban J connectivity index is 0. The van der Waals surface area contributed by atoms with Crippen LogP contribution in [0.2, 0.25) is 0 Å². The molecule has 4 heavy (non-hydrogen) atoms. The van der Waals surface area contributed by atoms with Gasteiger partial charge >= 0.3 is 23.1 Å². The first kappa shape index (κ1) is 57.7. The molecule has 0 N–H and O–H groups in total. The van der Waals surface area contributed by atoms with E-state index in [0.29, 0.717) is 0 Å². The number of rotatable bonds is 0. The van der Waals surface area contributed by atoms with Crippen molar-refractivity contribution in [3.63, 3.8) is 0 Å². The van der Waals surface area contributed by atoms with Crippen LogP contribution in [0.3, 0.4) is 0 Å². The van der Waals surface area contributed by atoms with Crippen LogP contribution in [-0.4, -0.2) is 23.1 Å². The molecule has 0 saturated heterocycles. The van der Waals surface area contributed by atoms with Crippen molar-refractivity contribution in [2.75, 3.05) is 0 Å². The van der Waals surface area contributed by atoms with Gasteiger partial charge in [0.2, 0.25) is 0 Å². The molecular weight excluding hydrogens is 111 g/mol. The maximum absolute atomic E-state index is 0. The molecular formula is H2Cl2MgO. The molecule has 0 aromatic carbocycles. The van der Waals surface area contributed by atoms with Crippen LogP contribution in [0.15, 0.2) is 0 Å². The van der Waals surface area contributed by atoms with Gasteiger partial charge in [0.25, 0.3) is 0 Å². The summed E-state index contributed by atoms with van der Waals surface area (Å²) in [4.78, 5) is 0. The summed E-state index contributed by atoms with van der Waals surface area (Å²) in [7, 11) is 0. The average Bonchev–Trinajstić information content (AvgIpc) is 0. The van der Waals surface area contributed by atoms with Gasteiger partial charge in [0.1, 0.15) is 0 Å². The van der Waals surface area contributed by atoms with Crippen LogP contribution in [0.1, 0.15) is 0 Å². The summed E-state index contributed by atoms with van der Waals surface area (Å²) in [5.74, 6) is 0. The van der Waals surface area contributed by atoms with Gasteiger partial charge < -0.3 is 5.48 Å². The van der Waals surface area contributed by atoms with Crippen molar-refractivity contribution >= 4 is 47.9 Å². The Morgan fingerprint density at radius 2 is 0.750 bits per heavy atom. The fourth-order valence-electron chi connectivity index (χ4n) is 0. The molecule has 0 bridgehead atoms. The predicted molar refractivity (Wildman–Crippen MR) is 20.9 cm³/mol. The zero-order valence-electron chi connectivity index (χ0n) is 1.93. The molecule has 0 spiro atoms. The van der Waals surface area contributed by atoms with E-state index in [1.165, 1.54) is 0 Å². The molecule has 0 fully saturated rings. The molecule has 1 nitrogen and oxygen atoms in total. The molecule has 0 unspecified atom stereocenters. The smallest absolute Gasteiger partial charge is 2.00 e. The second kappa shape index (κ2) is 27.6. The van der Waals surface area contributed by atoms with E-state index in [1.54, 1.807) is 0 Å². The third-order valence-electron chi connectivity index (χ3n) is 0. The SMILES string of the molecule is Cl.Cl.[Mg+2].[O-2]. The molecule has 0 aromatic heterocycles. The molecule has 24 valence electrons. The monoisotopic (exact) mass is 112 g/mol. The molecule has 0 aromatic rings. The Labute approximate surface area is 53.4 Å². The minimum Gasteiger partial charge on any atom is -2.00 e. The predicted octanol–water partition coefficient (Wildman–Crippen LogP) is 0.344. The molecule has 0 heterocycles. The van der Waals surface area contributed by atoms with Crippen LogP contribution in [0, 0.1) is 0 Å². The quantitative estimate of drug-likeness (QED) is 0.405. The maximum Gasteiger partial charge on any atom is 2.00 e. The first-order chi connectivity index (χ1) is 0. The summed E-state index contributed by atoms with van der Waals surface area (Å²) >= 11 is 0. The number of hydrogen-bond donors (Lipinski definition) is 0. The Morgan fingerprint density at radius 1 is 0.750 bits per heavy atom. The van der Waals surface area contributed by atoms with Gasteiger partial charge in [-0.2, -0.15) is 0 Å². The molecule has 0 aliphatic carbocycles. The second-order valence-electron chi connectivity index (χ2n) is 0. The Hall–Kier alpha value is 1.31. The van der Waals surface area contributed by atoms with Gasteiger partial charge in [-0.3, -0.25) is 0 Å². The summed E-state index contributed by atoms with van der Waals surface area (Å²) in [6.45, 7) is 0. The van der Waals surface area contributed by atoms with Crippen molar-refractivity contribution in [1.82, 2.24) is 0 Å². The fraction of sp³-hybridized carbons (Fsp3) is 0. The first-order valence-corrected chi connectivity index (χ1v) is 0.